The molecule has 0 saturated heterocycles. The molecule has 0 fully saturated rings. The molecule has 0 aliphatic heterocycles. The predicted octanol–water partition coefficient (Wildman–Crippen LogP) is 4.70. The van der Waals surface area contributed by atoms with Gasteiger partial charge in [-0.25, -0.2) is 0 Å². The van der Waals surface area contributed by atoms with Crippen LogP contribution in [0.25, 0.3) is 0 Å². The molecule has 0 aliphatic carbocycles. The Morgan fingerprint density at radius 1 is 1.20 bits per heavy atom. The van der Waals surface area contributed by atoms with Crippen LogP contribution in [0.5, 0.6) is 11.5 Å². The molecule has 1 atom stereocenters. The van der Waals surface area contributed by atoms with E-state index >= 15 is 0 Å². The van der Waals surface area contributed by atoms with Gasteiger partial charge in [0.05, 0.1) is 23.9 Å². The summed E-state index contributed by atoms with van der Waals surface area (Å²) in [5, 5.41) is 17.3. The van der Waals surface area contributed by atoms with E-state index in [1.807, 2.05) is 45.0 Å². The van der Waals surface area contributed by atoms with E-state index in [2.05, 4.69) is 10.6 Å². The molecule has 164 valence electrons. The van der Waals surface area contributed by atoms with E-state index < -0.39 is 6.10 Å². The number of halogens is 1. The first-order chi connectivity index (χ1) is 14.3. The summed E-state index contributed by atoms with van der Waals surface area (Å²) < 4.78 is 10.7. The fourth-order valence-corrected chi connectivity index (χ4v) is 3.08. The average molecular weight is 435 g/mol. The first kappa shape index (κ1) is 24.0. The molecule has 0 bridgehead atoms. The van der Waals surface area contributed by atoms with Gasteiger partial charge in [0.15, 0.2) is 5.75 Å². The first-order valence-corrected chi connectivity index (χ1v) is 10.5. The van der Waals surface area contributed by atoms with E-state index in [-0.39, 0.29) is 22.8 Å². The molecule has 2 aromatic rings. The highest BCUT2D eigenvalue weighted by Crippen LogP contribution is 2.37. The second kappa shape index (κ2) is 11.8. The number of aliphatic hydroxyl groups excluding tert-OH is 1. The minimum Gasteiger partial charge on any atom is -0.497 e. The molecular weight excluding hydrogens is 404 g/mol. The molecule has 0 aromatic heterocycles. The highest BCUT2D eigenvalue weighted by molar-refractivity contribution is 6.32. The summed E-state index contributed by atoms with van der Waals surface area (Å²) in [4.78, 5) is 12.1. The summed E-state index contributed by atoms with van der Waals surface area (Å²) in [7, 11) is 1.62. The third kappa shape index (κ3) is 7.20. The Hall–Kier alpha value is -2.28. The second-order valence-electron chi connectivity index (χ2n) is 7.38. The van der Waals surface area contributed by atoms with Crippen molar-refractivity contribution in [3.05, 3.63) is 52.5 Å². The van der Waals surface area contributed by atoms with Crippen molar-refractivity contribution in [1.29, 1.82) is 0 Å². The molecule has 6 nitrogen and oxygen atoms in total. The summed E-state index contributed by atoms with van der Waals surface area (Å²) in [6, 6.07) is 11.3. The summed E-state index contributed by atoms with van der Waals surface area (Å²) in [6.07, 6.45) is 0.242. The SMILES string of the molecule is CCCC(=O)Oc1c(Cl)cc(C(O)CNC(C)C)cc1NCc1ccc(OC)cc1. The van der Waals surface area contributed by atoms with Crippen molar-refractivity contribution < 1.29 is 19.4 Å². The Labute approximate surface area is 183 Å². The standard InChI is InChI=1S/C23H31ClN2O4/c1-5-6-22(28)30-23-19(24)11-17(21(27)14-25-15(2)3)12-20(23)26-13-16-7-9-18(29-4)10-8-16/h7-12,15,21,25-27H,5-6,13-14H2,1-4H3. The van der Waals surface area contributed by atoms with E-state index in [0.717, 1.165) is 11.3 Å². The van der Waals surface area contributed by atoms with Crippen molar-refractivity contribution in [3.8, 4) is 11.5 Å². The molecule has 0 aliphatic rings. The van der Waals surface area contributed by atoms with Crippen LogP contribution in [0.15, 0.2) is 36.4 Å². The number of rotatable bonds is 11. The van der Waals surface area contributed by atoms with E-state index in [4.69, 9.17) is 21.1 Å². The Bertz CT molecular complexity index is 825. The van der Waals surface area contributed by atoms with Crippen LogP contribution in [0, 0.1) is 0 Å². The maximum Gasteiger partial charge on any atom is 0.311 e. The van der Waals surface area contributed by atoms with Gasteiger partial charge in [-0.05, 0) is 41.8 Å². The molecule has 7 heteroatoms. The predicted molar refractivity (Wildman–Crippen MR) is 120 cm³/mol. The largest absolute Gasteiger partial charge is 0.497 e. The van der Waals surface area contributed by atoms with Crippen LogP contribution in [-0.4, -0.2) is 30.8 Å². The number of hydrogen-bond acceptors (Lipinski definition) is 6. The van der Waals surface area contributed by atoms with Gasteiger partial charge >= 0.3 is 5.97 Å². The summed E-state index contributed by atoms with van der Waals surface area (Å²) >= 11 is 6.44. The zero-order valence-electron chi connectivity index (χ0n) is 18.0. The van der Waals surface area contributed by atoms with Gasteiger partial charge in [0.2, 0.25) is 0 Å². The minimum absolute atomic E-state index is 0.247. The number of methoxy groups -OCH3 is 1. The summed E-state index contributed by atoms with van der Waals surface area (Å²) in [6.45, 7) is 6.81. The lowest BCUT2D eigenvalue weighted by Gasteiger charge is -2.19. The zero-order valence-corrected chi connectivity index (χ0v) is 18.8. The summed E-state index contributed by atoms with van der Waals surface area (Å²) in [5.41, 5.74) is 2.22. The molecule has 2 aromatic carbocycles. The first-order valence-electron chi connectivity index (χ1n) is 10.2. The molecule has 1 unspecified atom stereocenters. The number of carbonyl (C=O) groups excluding carboxylic acids is 1. The lowest BCUT2D eigenvalue weighted by molar-refractivity contribution is -0.134. The lowest BCUT2D eigenvalue weighted by atomic mass is 10.1. The smallest absolute Gasteiger partial charge is 0.311 e. The van der Waals surface area contributed by atoms with Crippen molar-refractivity contribution in [2.45, 2.75) is 52.3 Å². The van der Waals surface area contributed by atoms with Crippen LogP contribution in [0.1, 0.15) is 50.8 Å². The van der Waals surface area contributed by atoms with Crippen LogP contribution >= 0.6 is 11.6 Å². The Kier molecular flexibility index (Phi) is 9.43. The number of hydrogen-bond donors (Lipinski definition) is 3. The Morgan fingerprint density at radius 3 is 2.50 bits per heavy atom. The van der Waals surface area contributed by atoms with Gasteiger partial charge in [0.25, 0.3) is 0 Å². The highest BCUT2D eigenvalue weighted by atomic mass is 35.5. The van der Waals surface area contributed by atoms with Gasteiger partial charge in [-0.2, -0.15) is 0 Å². The normalized spacial score (nSPS) is 12.0. The fourth-order valence-electron chi connectivity index (χ4n) is 2.82. The fraction of sp³-hybridized carbons (Fsp3) is 0.435. The Morgan fingerprint density at radius 2 is 1.90 bits per heavy atom. The monoisotopic (exact) mass is 434 g/mol. The quantitative estimate of drug-likeness (QED) is 0.351. The van der Waals surface area contributed by atoms with Crippen molar-refractivity contribution in [3.63, 3.8) is 0 Å². The number of benzene rings is 2. The highest BCUT2D eigenvalue weighted by Gasteiger charge is 2.18. The summed E-state index contributed by atoms with van der Waals surface area (Å²) in [5.74, 6) is 0.705. The van der Waals surface area contributed by atoms with Crippen molar-refractivity contribution in [2.24, 2.45) is 0 Å². The zero-order chi connectivity index (χ0) is 22.1. The molecule has 0 radical (unpaired) electrons. The topological polar surface area (TPSA) is 79.8 Å². The maximum absolute atomic E-state index is 12.1. The molecule has 0 heterocycles. The minimum atomic E-state index is -0.744. The number of aliphatic hydroxyl groups is 1. The number of ether oxygens (including phenoxy) is 2. The van der Waals surface area contributed by atoms with E-state index in [1.165, 1.54) is 0 Å². The maximum atomic E-state index is 12.1. The molecule has 3 N–H and O–H groups in total. The van der Waals surface area contributed by atoms with Crippen molar-refractivity contribution in [1.82, 2.24) is 5.32 Å². The number of esters is 1. The van der Waals surface area contributed by atoms with Gasteiger partial charge in [0.1, 0.15) is 5.75 Å². The van der Waals surface area contributed by atoms with Crippen molar-refractivity contribution in [2.75, 3.05) is 19.0 Å². The third-order valence-corrected chi connectivity index (χ3v) is 4.76. The van der Waals surface area contributed by atoms with E-state index in [1.54, 1.807) is 19.2 Å². The second-order valence-corrected chi connectivity index (χ2v) is 7.79. The number of anilines is 1. The number of carbonyl (C=O) groups is 1. The van der Waals surface area contributed by atoms with Gasteiger partial charge in [0, 0.05) is 25.6 Å². The average Bonchev–Trinajstić information content (AvgIpc) is 2.72. The third-order valence-electron chi connectivity index (χ3n) is 4.48. The van der Waals surface area contributed by atoms with Crippen LogP contribution in [0.2, 0.25) is 5.02 Å². The molecule has 30 heavy (non-hydrogen) atoms. The van der Waals surface area contributed by atoms with Gasteiger partial charge in [-0.1, -0.05) is 44.5 Å². The van der Waals surface area contributed by atoms with E-state index in [9.17, 15) is 9.90 Å². The van der Waals surface area contributed by atoms with Crippen LogP contribution in [0.4, 0.5) is 5.69 Å². The molecule has 0 saturated carbocycles. The van der Waals surface area contributed by atoms with Gasteiger partial charge in [-0.15, -0.1) is 0 Å². The Balaban J connectivity index is 2.27. The van der Waals surface area contributed by atoms with Crippen LogP contribution < -0.4 is 20.1 Å². The molecule has 2 rings (SSSR count). The van der Waals surface area contributed by atoms with E-state index in [0.29, 0.717) is 37.2 Å². The van der Waals surface area contributed by atoms with Gasteiger partial charge in [-0.3, -0.25) is 4.79 Å². The molecule has 0 amide bonds. The molecular formula is C23H31ClN2O4. The number of nitrogens with one attached hydrogen (secondary N) is 2. The van der Waals surface area contributed by atoms with Crippen molar-refractivity contribution >= 4 is 23.3 Å². The van der Waals surface area contributed by atoms with Crippen LogP contribution in [0.3, 0.4) is 0 Å². The van der Waals surface area contributed by atoms with Gasteiger partial charge < -0.3 is 25.2 Å². The molecule has 0 spiro atoms. The van der Waals surface area contributed by atoms with Crippen LogP contribution in [-0.2, 0) is 11.3 Å². The lowest BCUT2D eigenvalue weighted by Crippen LogP contribution is -2.28.